The molecule has 0 bridgehead atoms. The number of sulfonamides is 1. The molecule has 114 valence electrons. The molecule has 1 heterocycles. The van der Waals surface area contributed by atoms with Crippen LogP contribution in [0.1, 0.15) is 30.6 Å². The van der Waals surface area contributed by atoms with Gasteiger partial charge in [0.05, 0.1) is 5.75 Å². The van der Waals surface area contributed by atoms with E-state index in [0.717, 1.165) is 28.7 Å². The molecule has 1 aliphatic rings. The number of halogens is 1. The van der Waals surface area contributed by atoms with E-state index in [1.807, 2.05) is 11.4 Å². The SMILES string of the molecule is CN(Cc1cc(Br)cs1)S(=O)(=O)CCCCNC1CC1. The summed E-state index contributed by atoms with van der Waals surface area (Å²) in [5.74, 6) is 0.238. The number of nitrogens with one attached hydrogen (secondary N) is 1. The smallest absolute Gasteiger partial charge is 0.214 e. The highest BCUT2D eigenvalue weighted by atomic mass is 79.9. The van der Waals surface area contributed by atoms with Crippen molar-refractivity contribution in [1.29, 1.82) is 0 Å². The van der Waals surface area contributed by atoms with Gasteiger partial charge in [0.2, 0.25) is 10.0 Å². The van der Waals surface area contributed by atoms with Gasteiger partial charge in [0.1, 0.15) is 0 Å². The summed E-state index contributed by atoms with van der Waals surface area (Å²) in [7, 11) is -1.48. The molecule has 0 saturated heterocycles. The minimum Gasteiger partial charge on any atom is -0.314 e. The summed E-state index contributed by atoms with van der Waals surface area (Å²) in [5, 5.41) is 5.37. The van der Waals surface area contributed by atoms with Crippen LogP contribution < -0.4 is 5.32 Å². The topological polar surface area (TPSA) is 49.4 Å². The Morgan fingerprint density at radius 2 is 2.20 bits per heavy atom. The van der Waals surface area contributed by atoms with Crippen LogP contribution in [0.3, 0.4) is 0 Å². The molecule has 7 heteroatoms. The standard InChI is InChI=1S/C13H21BrN2O2S2/c1-16(9-13-8-11(14)10-19-13)20(17,18)7-3-2-6-15-12-4-5-12/h8,10,12,15H,2-7,9H2,1H3. The highest BCUT2D eigenvalue weighted by Gasteiger charge is 2.20. The predicted octanol–water partition coefficient (Wildman–Crippen LogP) is 2.80. The quantitative estimate of drug-likeness (QED) is 0.670. The summed E-state index contributed by atoms with van der Waals surface area (Å²) in [4.78, 5) is 1.05. The fourth-order valence-electron chi connectivity index (χ4n) is 1.91. The molecule has 20 heavy (non-hydrogen) atoms. The average Bonchev–Trinajstić information content (AvgIpc) is 3.11. The molecule has 1 aliphatic carbocycles. The Morgan fingerprint density at radius 1 is 1.45 bits per heavy atom. The number of hydrogen-bond acceptors (Lipinski definition) is 4. The van der Waals surface area contributed by atoms with Crippen LogP contribution in [0.25, 0.3) is 0 Å². The maximum absolute atomic E-state index is 12.1. The van der Waals surface area contributed by atoms with E-state index < -0.39 is 10.0 Å². The summed E-state index contributed by atoms with van der Waals surface area (Å²) in [5.41, 5.74) is 0. The number of unbranched alkanes of at least 4 members (excludes halogenated alkanes) is 1. The van der Waals surface area contributed by atoms with E-state index in [9.17, 15) is 8.42 Å². The van der Waals surface area contributed by atoms with Crippen molar-refractivity contribution in [2.45, 2.75) is 38.3 Å². The number of thiophene rings is 1. The molecule has 1 fully saturated rings. The lowest BCUT2D eigenvalue weighted by molar-refractivity contribution is 0.467. The monoisotopic (exact) mass is 380 g/mol. The van der Waals surface area contributed by atoms with E-state index in [-0.39, 0.29) is 5.75 Å². The molecule has 0 aromatic carbocycles. The molecule has 1 saturated carbocycles. The van der Waals surface area contributed by atoms with Crippen molar-refractivity contribution in [2.75, 3.05) is 19.3 Å². The highest BCUT2D eigenvalue weighted by Crippen LogP contribution is 2.22. The lowest BCUT2D eigenvalue weighted by atomic mass is 10.3. The van der Waals surface area contributed by atoms with E-state index in [4.69, 9.17) is 0 Å². The molecule has 4 nitrogen and oxygen atoms in total. The van der Waals surface area contributed by atoms with Gasteiger partial charge < -0.3 is 5.32 Å². The van der Waals surface area contributed by atoms with Crippen LogP contribution in [0.4, 0.5) is 0 Å². The lowest BCUT2D eigenvalue weighted by Crippen LogP contribution is -2.29. The fourth-order valence-corrected chi connectivity index (χ4v) is 4.71. The normalized spacial score (nSPS) is 15.9. The maximum Gasteiger partial charge on any atom is 0.214 e. The molecule has 1 N–H and O–H groups in total. The van der Waals surface area contributed by atoms with Gasteiger partial charge in [0.15, 0.2) is 0 Å². The van der Waals surface area contributed by atoms with Gasteiger partial charge in [-0.2, -0.15) is 4.31 Å². The number of rotatable bonds is 9. The van der Waals surface area contributed by atoms with Gasteiger partial charge >= 0.3 is 0 Å². The van der Waals surface area contributed by atoms with Gasteiger partial charge in [-0.25, -0.2) is 8.42 Å². The first-order chi connectivity index (χ1) is 9.47. The first-order valence-corrected chi connectivity index (χ1v) is 10.2. The summed E-state index contributed by atoms with van der Waals surface area (Å²) < 4.78 is 26.8. The van der Waals surface area contributed by atoms with E-state index in [2.05, 4.69) is 21.2 Å². The number of nitrogens with zero attached hydrogens (tertiary/aromatic N) is 1. The van der Waals surface area contributed by atoms with E-state index in [0.29, 0.717) is 12.6 Å². The Balaban J connectivity index is 1.70. The van der Waals surface area contributed by atoms with Crippen LogP contribution >= 0.6 is 27.3 Å². The summed E-state index contributed by atoms with van der Waals surface area (Å²) >= 11 is 4.96. The van der Waals surface area contributed by atoms with Crippen LogP contribution in [-0.4, -0.2) is 38.1 Å². The Hall–Kier alpha value is 0.0500. The molecular weight excluding hydrogens is 360 g/mol. The Labute approximate surface area is 133 Å². The van der Waals surface area contributed by atoms with E-state index in [1.165, 1.54) is 17.1 Å². The second-order valence-corrected chi connectivity index (χ2v) is 9.35. The predicted molar refractivity (Wildman–Crippen MR) is 87.5 cm³/mol. The van der Waals surface area contributed by atoms with E-state index >= 15 is 0 Å². The van der Waals surface area contributed by atoms with Gasteiger partial charge in [-0.3, -0.25) is 0 Å². The molecule has 0 radical (unpaired) electrons. The zero-order valence-electron chi connectivity index (χ0n) is 11.6. The van der Waals surface area contributed by atoms with Gasteiger partial charge in [-0.1, -0.05) is 0 Å². The zero-order chi connectivity index (χ0) is 14.6. The van der Waals surface area contributed by atoms with Crippen LogP contribution in [0.15, 0.2) is 15.9 Å². The molecule has 1 aromatic heterocycles. The summed E-state index contributed by atoms with van der Waals surface area (Å²) in [6, 6.07) is 2.67. The van der Waals surface area contributed by atoms with Crippen molar-refractivity contribution in [3.8, 4) is 0 Å². The van der Waals surface area contributed by atoms with Crippen molar-refractivity contribution < 1.29 is 8.42 Å². The van der Waals surface area contributed by atoms with Crippen molar-refractivity contribution in [2.24, 2.45) is 0 Å². The molecule has 1 aromatic rings. The fraction of sp³-hybridized carbons (Fsp3) is 0.692. The second-order valence-electron chi connectivity index (χ2n) is 5.24. The molecule has 0 aliphatic heterocycles. The van der Waals surface area contributed by atoms with Crippen LogP contribution in [0.2, 0.25) is 0 Å². The zero-order valence-corrected chi connectivity index (χ0v) is 14.9. The Morgan fingerprint density at radius 3 is 2.80 bits per heavy atom. The first-order valence-electron chi connectivity index (χ1n) is 6.88. The van der Waals surface area contributed by atoms with Gasteiger partial charge in [0, 0.05) is 34.4 Å². The second kappa shape index (κ2) is 7.35. The largest absolute Gasteiger partial charge is 0.314 e. The minimum atomic E-state index is -3.14. The summed E-state index contributed by atoms with van der Waals surface area (Å²) in [6.07, 6.45) is 4.20. The van der Waals surface area contributed by atoms with Gasteiger partial charge in [-0.05, 0) is 54.2 Å². The van der Waals surface area contributed by atoms with Crippen molar-refractivity contribution in [3.63, 3.8) is 0 Å². The van der Waals surface area contributed by atoms with Crippen LogP contribution in [0, 0.1) is 0 Å². The molecule has 0 spiro atoms. The molecule has 0 amide bonds. The summed E-state index contributed by atoms with van der Waals surface area (Å²) in [6.45, 7) is 1.39. The van der Waals surface area contributed by atoms with Crippen molar-refractivity contribution >= 4 is 37.3 Å². The number of hydrogen-bond donors (Lipinski definition) is 1. The van der Waals surface area contributed by atoms with Gasteiger partial charge in [-0.15, -0.1) is 11.3 Å². The molecule has 0 unspecified atom stereocenters. The maximum atomic E-state index is 12.1. The van der Waals surface area contributed by atoms with Gasteiger partial charge in [0.25, 0.3) is 0 Å². The Bertz CT molecular complexity index is 526. The van der Waals surface area contributed by atoms with Crippen molar-refractivity contribution in [3.05, 3.63) is 20.8 Å². The highest BCUT2D eigenvalue weighted by molar-refractivity contribution is 9.10. The average molecular weight is 381 g/mol. The van der Waals surface area contributed by atoms with Crippen molar-refractivity contribution in [1.82, 2.24) is 9.62 Å². The lowest BCUT2D eigenvalue weighted by Gasteiger charge is -2.16. The third kappa shape index (κ3) is 5.44. The van der Waals surface area contributed by atoms with E-state index in [1.54, 1.807) is 18.4 Å². The third-order valence-corrected chi connectivity index (χ3v) is 6.88. The molecular formula is C13H21BrN2O2S2. The van der Waals surface area contributed by atoms with Crippen LogP contribution in [0.5, 0.6) is 0 Å². The Kier molecular flexibility index (Phi) is 6.04. The first kappa shape index (κ1) is 16.4. The minimum absolute atomic E-state index is 0.238. The molecule has 0 atom stereocenters. The molecule has 2 rings (SSSR count). The third-order valence-electron chi connectivity index (χ3n) is 3.31. The van der Waals surface area contributed by atoms with Crippen LogP contribution in [-0.2, 0) is 16.6 Å².